The smallest absolute Gasteiger partial charge is 0.336 e. The summed E-state index contributed by atoms with van der Waals surface area (Å²) in [6, 6.07) is 8.20. The molecular weight excluding hydrogens is 273 g/mol. The van der Waals surface area contributed by atoms with Gasteiger partial charge in [0.2, 0.25) is 0 Å². The highest BCUT2D eigenvalue weighted by Gasteiger charge is 2.67. The van der Waals surface area contributed by atoms with Crippen LogP contribution >= 0.6 is 0 Å². The van der Waals surface area contributed by atoms with E-state index in [1.54, 1.807) is 25.1 Å². The lowest BCUT2D eigenvalue weighted by molar-refractivity contribution is 0.00611. The summed E-state index contributed by atoms with van der Waals surface area (Å²) in [5.41, 5.74) is -2.21. The van der Waals surface area contributed by atoms with E-state index in [1.807, 2.05) is 6.07 Å². The molecule has 1 aliphatic carbocycles. The van der Waals surface area contributed by atoms with Crippen molar-refractivity contribution in [3.05, 3.63) is 35.4 Å². The number of halogens is 1. The van der Waals surface area contributed by atoms with Gasteiger partial charge in [-0.05, 0) is 19.1 Å². The van der Waals surface area contributed by atoms with Crippen LogP contribution in [0.1, 0.15) is 29.3 Å². The first kappa shape index (κ1) is 15.0. The number of carboxylic acids is 1. The Morgan fingerprint density at radius 3 is 2.67 bits per heavy atom. The maximum absolute atomic E-state index is 13.6. The van der Waals surface area contributed by atoms with Crippen molar-refractivity contribution >= 4 is 5.97 Å². The third-order valence-electron chi connectivity index (χ3n) is 3.93. The van der Waals surface area contributed by atoms with Gasteiger partial charge in [0.15, 0.2) is 0 Å². The van der Waals surface area contributed by atoms with E-state index in [4.69, 9.17) is 9.84 Å². The largest absolute Gasteiger partial charge is 0.478 e. The van der Waals surface area contributed by atoms with Crippen molar-refractivity contribution in [1.82, 2.24) is 0 Å². The van der Waals surface area contributed by atoms with Gasteiger partial charge >= 0.3 is 5.97 Å². The number of benzene rings is 1. The Hall–Kier alpha value is -2.37. The van der Waals surface area contributed by atoms with Crippen molar-refractivity contribution in [3.63, 3.8) is 0 Å². The molecule has 3 atom stereocenters. The van der Waals surface area contributed by atoms with Crippen LogP contribution in [-0.4, -0.2) is 30.0 Å². The first-order chi connectivity index (χ1) is 9.90. The molecule has 108 valence electrons. The summed E-state index contributed by atoms with van der Waals surface area (Å²) >= 11 is 0. The van der Waals surface area contributed by atoms with Crippen LogP contribution in [0, 0.1) is 28.6 Å². The molecule has 1 fully saturated rings. The fourth-order valence-corrected chi connectivity index (χ4v) is 2.25. The maximum atomic E-state index is 13.6. The minimum atomic E-state index is -1.28. The number of nitrogens with zero attached hydrogens (tertiary/aromatic N) is 1. The highest BCUT2D eigenvalue weighted by molar-refractivity contribution is 5.90. The molecule has 0 heterocycles. The van der Waals surface area contributed by atoms with Gasteiger partial charge < -0.3 is 9.84 Å². The highest BCUT2D eigenvalue weighted by atomic mass is 19.1. The van der Waals surface area contributed by atoms with Crippen LogP contribution in [0.25, 0.3) is 0 Å². The fourth-order valence-electron chi connectivity index (χ4n) is 2.25. The molecule has 5 heteroatoms. The molecule has 21 heavy (non-hydrogen) atoms. The third-order valence-corrected chi connectivity index (χ3v) is 3.93. The Labute approximate surface area is 122 Å². The van der Waals surface area contributed by atoms with Crippen LogP contribution in [0.2, 0.25) is 0 Å². The number of hydrogen-bond acceptors (Lipinski definition) is 3. The second-order valence-electron chi connectivity index (χ2n) is 5.09. The van der Waals surface area contributed by atoms with Crippen LogP contribution in [0.15, 0.2) is 24.3 Å². The van der Waals surface area contributed by atoms with Crippen molar-refractivity contribution in [2.75, 3.05) is 7.11 Å². The molecule has 0 bridgehead atoms. The lowest BCUT2D eigenvalue weighted by atomic mass is 9.86. The number of rotatable bonds is 3. The molecule has 1 N–H and O–H groups in total. The zero-order valence-electron chi connectivity index (χ0n) is 11.7. The fraction of sp³-hybridized carbons (Fsp3) is 0.375. The topological polar surface area (TPSA) is 70.3 Å². The van der Waals surface area contributed by atoms with E-state index >= 15 is 0 Å². The van der Waals surface area contributed by atoms with Crippen molar-refractivity contribution in [2.45, 2.75) is 25.1 Å². The molecule has 0 unspecified atom stereocenters. The van der Waals surface area contributed by atoms with Gasteiger partial charge in [-0.1, -0.05) is 24.0 Å². The molecule has 0 spiro atoms. The number of alkyl halides is 1. The molecular formula is C16H14FNO3. The van der Waals surface area contributed by atoms with Gasteiger partial charge in [-0.25, -0.2) is 9.18 Å². The van der Waals surface area contributed by atoms with Crippen molar-refractivity contribution in [3.8, 4) is 17.9 Å². The minimum absolute atomic E-state index is 0.0575. The van der Waals surface area contributed by atoms with Gasteiger partial charge in [0, 0.05) is 19.1 Å². The highest BCUT2D eigenvalue weighted by Crippen LogP contribution is 2.56. The second kappa shape index (κ2) is 5.20. The van der Waals surface area contributed by atoms with Crippen LogP contribution in [-0.2, 0) is 4.74 Å². The van der Waals surface area contributed by atoms with Crippen molar-refractivity contribution < 1.29 is 19.0 Å². The number of nitriles is 1. The second-order valence-corrected chi connectivity index (χ2v) is 5.09. The van der Waals surface area contributed by atoms with Crippen LogP contribution in [0.4, 0.5) is 4.39 Å². The molecule has 1 saturated carbocycles. The zero-order valence-corrected chi connectivity index (χ0v) is 11.7. The van der Waals surface area contributed by atoms with E-state index in [0.29, 0.717) is 5.56 Å². The summed E-state index contributed by atoms with van der Waals surface area (Å²) in [5, 5.41) is 18.3. The summed E-state index contributed by atoms with van der Waals surface area (Å²) in [4.78, 5) is 11.1. The molecule has 4 nitrogen and oxygen atoms in total. The van der Waals surface area contributed by atoms with Crippen molar-refractivity contribution in [2.24, 2.45) is 5.41 Å². The lowest BCUT2D eigenvalue weighted by Crippen LogP contribution is -2.38. The average Bonchev–Trinajstić information content (AvgIpc) is 3.17. The van der Waals surface area contributed by atoms with Crippen LogP contribution in [0.5, 0.6) is 0 Å². The number of ether oxygens (including phenoxy) is 1. The van der Waals surface area contributed by atoms with Gasteiger partial charge in [0.1, 0.15) is 17.2 Å². The van der Waals surface area contributed by atoms with Crippen molar-refractivity contribution in [1.29, 1.82) is 5.26 Å². The van der Waals surface area contributed by atoms with Gasteiger partial charge in [-0.15, -0.1) is 0 Å². The molecule has 0 aliphatic heterocycles. The third kappa shape index (κ3) is 2.37. The van der Waals surface area contributed by atoms with E-state index in [-0.39, 0.29) is 12.0 Å². The molecule has 0 radical (unpaired) electrons. The van der Waals surface area contributed by atoms with Gasteiger partial charge in [0.05, 0.1) is 11.6 Å². The molecule has 2 rings (SSSR count). The Balaban J connectivity index is 2.43. The summed E-state index contributed by atoms with van der Waals surface area (Å²) < 4.78 is 18.8. The molecule has 1 aliphatic rings. The van der Waals surface area contributed by atoms with E-state index in [0.717, 1.165) is 0 Å². The summed E-state index contributed by atoms with van der Waals surface area (Å²) in [7, 11) is 1.36. The van der Waals surface area contributed by atoms with E-state index in [1.165, 1.54) is 13.2 Å². The normalized spacial score (nSPS) is 25.9. The Morgan fingerprint density at radius 1 is 1.57 bits per heavy atom. The van der Waals surface area contributed by atoms with Gasteiger partial charge in [-0.2, -0.15) is 5.26 Å². The Bertz CT molecular complexity index is 685. The van der Waals surface area contributed by atoms with E-state index < -0.39 is 23.2 Å². The molecule has 1 aromatic carbocycles. The van der Waals surface area contributed by atoms with Gasteiger partial charge in [-0.3, -0.25) is 0 Å². The van der Waals surface area contributed by atoms with E-state index in [2.05, 4.69) is 11.8 Å². The molecule has 0 amide bonds. The lowest BCUT2D eigenvalue weighted by Gasteiger charge is -2.26. The number of carboxylic acid groups (broad SMARTS) is 1. The monoisotopic (exact) mass is 287 g/mol. The quantitative estimate of drug-likeness (QED) is 0.867. The minimum Gasteiger partial charge on any atom is -0.478 e. The van der Waals surface area contributed by atoms with E-state index in [9.17, 15) is 14.4 Å². The molecule has 1 aromatic rings. The predicted octanol–water partition coefficient (Wildman–Crippen LogP) is 2.39. The Morgan fingerprint density at radius 2 is 2.19 bits per heavy atom. The van der Waals surface area contributed by atoms with Crippen LogP contribution in [0.3, 0.4) is 0 Å². The predicted molar refractivity (Wildman–Crippen MR) is 73.3 cm³/mol. The summed E-state index contributed by atoms with van der Waals surface area (Å²) in [5.74, 6) is 4.36. The maximum Gasteiger partial charge on any atom is 0.336 e. The number of methoxy groups -OCH3 is 1. The number of hydrogen-bond donors (Lipinski definition) is 1. The molecule has 0 saturated heterocycles. The SMILES string of the molecule is CO[C@](C)(C#Cc1ccccc1C(=O)O)[C@@]1(C#N)C[C@@H]1F. The number of aromatic carboxylic acids is 1. The van der Waals surface area contributed by atoms with Gasteiger partial charge in [0.25, 0.3) is 0 Å². The summed E-state index contributed by atoms with van der Waals surface area (Å²) in [6.45, 7) is 1.55. The Kier molecular flexibility index (Phi) is 3.72. The number of carbonyl (C=O) groups is 1. The molecule has 0 aromatic heterocycles. The zero-order chi connectivity index (χ0) is 15.7. The first-order valence-electron chi connectivity index (χ1n) is 6.36. The van der Waals surface area contributed by atoms with Crippen LogP contribution < -0.4 is 0 Å². The average molecular weight is 287 g/mol. The first-order valence-corrected chi connectivity index (χ1v) is 6.36. The summed E-state index contributed by atoms with van der Waals surface area (Å²) in [6.07, 6.45) is -1.21. The standard InChI is InChI=1S/C16H14FNO3/c1-15(21-2,16(10-18)9-13(16)17)8-7-11-5-3-4-6-12(11)14(19)20/h3-6,13H,9H2,1-2H3,(H,19,20)/t13-,15+,16+/m0/s1.